The SMILES string of the molecule is O=C([C@@H]1CCCN1C(=O)OCc1ccccc1)N1CCNCC1. The maximum atomic E-state index is 12.6. The second-order valence-corrected chi connectivity index (χ2v) is 5.97. The van der Waals surface area contributed by atoms with Crippen molar-refractivity contribution in [1.82, 2.24) is 15.1 Å². The molecule has 0 bridgehead atoms. The molecule has 2 saturated heterocycles. The molecule has 0 aliphatic carbocycles. The van der Waals surface area contributed by atoms with Crippen molar-refractivity contribution in [2.75, 3.05) is 32.7 Å². The first-order valence-electron chi connectivity index (χ1n) is 8.22. The summed E-state index contributed by atoms with van der Waals surface area (Å²) < 4.78 is 5.38. The fourth-order valence-corrected chi connectivity index (χ4v) is 3.14. The molecule has 0 radical (unpaired) electrons. The molecule has 1 N–H and O–H groups in total. The van der Waals surface area contributed by atoms with Crippen LogP contribution in [0.25, 0.3) is 0 Å². The summed E-state index contributed by atoms with van der Waals surface area (Å²) in [5.41, 5.74) is 0.949. The number of nitrogens with one attached hydrogen (secondary N) is 1. The zero-order chi connectivity index (χ0) is 16.1. The van der Waals surface area contributed by atoms with Crippen LogP contribution in [-0.4, -0.2) is 60.6 Å². The monoisotopic (exact) mass is 317 g/mol. The maximum absolute atomic E-state index is 12.6. The fourth-order valence-electron chi connectivity index (χ4n) is 3.14. The molecule has 2 amide bonds. The highest BCUT2D eigenvalue weighted by Crippen LogP contribution is 2.21. The molecule has 0 spiro atoms. The highest BCUT2D eigenvalue weighted by molar-refractivity contribution is 5.86. The molecule has 2 heterocycles. The van der Waals surface area contributed by atoms with Crippen LogP contribution in [0.1, 0.15) is 18.4 Å². The first kappa shape index (κ1) is 15.8. The molecule has 23 heavy (non-hydrogen) atoms. The first-order valence-corrected chi connectivity index (χ1v) is 8.22. The number of carbonyl (C=O) groups is 2. The van der Waals surface area contributed by atoms with Gasteiger partial charge in [0.2, 0.25) is 5.91 Å². The Hall–Kier alpha value is -2.08. The average molecular weight is 317 g/mol. The second kappa shape index (κ2) is 7.46. The normalized spacial score (nSPS) is 21.3. The van der Waals surface area contributed by atoms with Gasteiger partial charge in [-0.1, -0.05) is 30.3 Å². The minimum Gasteiger partial charge on any atom is -0.445 e. The summed E-state index contributed by atoms with van der Waals surface area (Å²) in [7, 11) is 0. The van der Waals surface area contributed by atoms with Crippen LogP contribution in [0.4, 0.5) is 4.79 Å². The van der Waals surface area contributed by atoms with E-state index >= 15 is 0 Å². The summed E-state index contributed by atoms with van der Waals surface area (Å²) in [5, 5.41) is 3.23. The number of amides is 2. The van der Waals surface area contributed by atoms with Crippen LogP contribution in [0.15, 0.2) is 30.3 Å². The number of ether oxygens (including phenoxy) is 1. The van der Waals surface area contributed by atoms with Crippen LogP contribution in [0.5, 0.6) is 0 Å². The van der Waals surface area contributed by atoms with E-state index in [1.807, 2.05) is 35.2 Å². The third-order valence-electron chi connectivity index (χ3n) is 4.41. The molecular formula is C17H23N3O3. The van der Waals surface area contributed by atoms with E-state index in [0.717, 1.165) is 31.5 Å². The quantitative estimate of drug-likeness (QED) is 0.910. The summed E-state index contributed by atoms with van der Waals surface area (Å²) >= 11 is 0. The molecular weight excluding hydrogens is 294 g/mol. The van der Waals surface area contributed by atoms with Gasteiger partial charge in [0.05, 0.1) is 0 Å². The van der Waals surface area contributed by atoms with Gasteiger partial charge in [0, 0.05) is 32.7 Å². The number of nitrogens with zero attached hydrogens (tertiary/aromatic N) is 2. The Morgan fingerprint density at radius 3 is 2.61 bits per heavy atom. The Balaban J connectivity index is 1.57. The number of hydrogen-bond donors (Lipinski definition) is 1. The topological polar surface area (TPSA) is 61.9 Å². The van der Waals surface area contributed by atoms with Crippen molar-refractivity contribution in [3.63, 3.8) is 0 Å². The molecule has 0 aromatic heterocycles. The number of benzene rings is 1. The van der Waals surface area contributed by atoms with Crippen molar-refractivity contribution in [1.29, 1.82) is 0 Å². The van der Waals surface area contributed by atoms with E-state index in [4.69, 9.17) is 4.74 Å². The van der Waals surface area contributed by atoms with Crippen LogP contribution in [0.3, 0.4) is 0 Å². The summed E-state index contributed by atoms with van der Waals surface area (Å²) in [4.78, 5) is 28.4. The largest absolute Gasteiger partial charge is 0.445 e. The van der Waals surface area contributed by atoms with Gasteiger partial charge < -0.3 is 15.0 Å². The van der Waals surface area contributed by atoms with Crippen LogP contribution >= 0.6 is 0 Å². The van der Waals surface area contributed by atoms with Crippen LogP contribution in [-0.2, 0) is 16.1 Å². The van der Waals surface area contributed by atoms with E-state index in [-0.39, 0.29) is 24.6 Å². The maximum Gasteiger partial charge on any atom is 0.410 e. The van der Waals surface area contributed by atoms with Gasteiger partial charge in [-0.15, -0.1) is 0 Å². The van der Waals surface area contributed by atoms with E-state index in [1.165, 1.54) is 0 Å². The van der Waals surface area contributed by atoms with E-state index in [2.05, 4.69) is 5.32 Å². The molecule has 1 atom stereocenters. The van der Waals surface area contributed by atoms with Gasteiger partial charge in [0.1, 0.15) is 12.6 Å². The minimum atomic E-state index is -0.389. The second-order valence-electron chi connectivity index (χ2n) is 5.97. The number of carbonyl (C=O) groups excluding carboxylic acids is 2. The smallest absolute Gasteiger partial charge is 0.410 e. The molecule has 0 unspecified atom stereocenters. The van der Waals surface area contributed by atoms with Crippen LogP contribution < -0.4 is 5.32 Å². The minimum absolute atomic E-state index is 0.0562. The molecule has 124 valence electrons. The number of hydrogen-bond acceptors (Lipinski definition) is 4. The highest BCUT2D eigenvalue weighted by Gasteiger charge is 2.37. The van der Waals surface area contributed by atoms with Gasteiger partial charge >= 0.3 is 6.09 Å². The van der Waals surface area contributed by atoms with E-state index in [0.29, 0.717) is 19.6 Å². The number of rotatable bonds is 3. The molecule has 6 nitrogen and oxygen atoms in total. The Bertz CT molecular complexity index is 543. The summed E-state index contributed by atoms with van der Waals surface area (Å²) in [5.74, 6) is 0.0562. The van der Waals surface area contributed by atoms with Crippen molar-refractivity contribution >= 4 is 12.0 Å². The molecule has 1 aromatic carbocycles. The lowest BCUT2D eigenvalue weighted by Gasteiger charge is -2.32. The van der Waals surface area contributed by atoms with E-state index < -0.39 is 0 Å². The molecule has 6 heteroatoms. The number of likely N-dealkylation sites (tertiary alicyclic amines) is 1. The van der Waals surface area contributed by atoms with Gasteiger partial charge in [-0.25, -0.2) is 4.79 Å². The van der Waals surface area contributed by atoms with E-state index in [1.54, 1.807) is 4.90 Å². The van der Waals surface area contributed by atoms with Gasteiger partial charge in [-0.3, -0.25) is 9.69 Å². The highest BCUT2D eigenvalue weighted by atomic mass is 16.6. The standard InChI is InChI=1S/C17H23N3O3/c21-16(19-11-8-18-9-12-19)15-7-4-10-20(15)17(22)23-13-14-5-2-1-3-6-14/h1-3,5-6,15,18H,4,7-13H2/t15-/m0/s1. The average Bonchev–Trinajstić information content (AvgIpc) is 3.10. The van der Waals surface area contributed by atoms with Crippen molar-refractivity contribution in [3.8, 4) is 0 Å². The predicted molar refractivity (Wildman–Crippen MR) is 85.8 cm³/mol. The molecule has 1 aromatic rings. The zero-order valence-electron chi connectivity index (χ0n) is 13.2. The molecule has 2 fully saturated rings. The molecule has 2 aliphatic rings. The van der Waals surface area contributed by atoms with Crippen molar-refractivity contribution in [2.24, 2.45) is 0 Å². The Morgan fingerprint density at radius 1 is 1.13 bits per heavy atom. The lowest BCUT2D eigenvalue weighted by molar-refractivity contribution is -0.136. The lowest BCUT2D eigenvalue weighted by Crippen LogP contribution is -2.53. The molecule has 3 rings (SSSR count). The number of piperazine rings is 1. The molecule has 2 aliphatic heterocycles. The third kappa shape index (κ3) is 3.82. The fraction of sp³-hybridized carbons (Fsp3) is 0.529. The summed E-state index contributed by atoms with van der Waals surface area (Å²) in [6, 6.07) is 9.22. The third-order valence-corrected chi connectivity index (χ3v) is 4.41. The van der Waals surface area contributed by atoms with Gasteiger partial charge in [0.15, 0.2) is 0 Å². The summed E-state index contributed by atoms with van der Waals surface area (Å²) in [6.45, 7) is 3.89. The van der Waals surface area contributed by atoms with Crippen molar-refractivity contribution in [2.45, 2.75) is 25.5 Å². The predicted octanol–water partition coefficient (Wildman–Crippen LogP) is 1.22. The van der Waals surface area contributed by atoms with Crippen molar-refractivity contribution < 1.29 is 14.3 Å². The van der Waals surface area contributed by atoms with Gasteiger partial charge in [-0.05, 0) is 18.4 Å². The van der Waals surface area contributed by atoms with Gasteiger partial charge in [-0.2, -0.15) is 0 Å². The van der Waals surface area contributed by atoms with E-state index in [9.17, 15) is 9.59 Å². The van der Waals surface area contributed by atoms with Crippen LogP contribution in [0, 0.1) is 0 Å². The Labute approximate surface area is 136 Å². The summed E-state index contributed by atoms with van der Waals surface area (Å²) in [6.07, 6.45) is 1.19. The Kier molecular flexibility index (Phi) is 5.12. The van der Waals surface area contributed by atoms with Gasteiger partial charge in [0.25, 0.3) is 0 Å². The van der Waals surface area contributed by atoms with Crippen LogP contribution in [0.2, 0.25) is 0 Å². The first-order chi connectivity index (χ1) is 11.3. The Morgan fingerprint density at radius 2 is 1.87 bits per heavy atom. The van der Waals surface area contributed by atoms with Crippen molar-refractivity contribution in [3.05, 3.63) is 35.9 Å². The lowest BCUT2D eigenvalue weighted by atomic mass is 10.2. The zero-order valence-corrected chi connectivity index (χ0v) is 13.2. The molecule has 0 saturated carbocycles.